The summed E-state index contributed by atoms with van der Waals surface area (Å²) in [5.41, 5.74) is 6.93. The van der Waals surface area contributed by atoms with E-state index in [2.05, 4.69) is 51.4 Å². The van der Waals surface area contributed by atoms with Crippen molar-refractivity contribution in [2.75, 3.05) is 6.61 Å². The Morgan fingerprint density at radius 2 is 1.93 bits per heavy atom. The monoisotopic (exact) mass is 372 g/mol. The van der Waals surface area contributed by atoms with Crippen molar-refractivity contribution >= 4 is 11.4 Å². The van der Waals surface area contributed by atoms with Gasteiger partial charge in [0.05, 0.1) is 29.8 Å². The molecule has 0 spiro atoms. The number of hydrogen-bond donors (Lipinski definition) is 0. The van der Waals surface area contributed by atoms with Crippen LogP contribution in [0.3, 0.4) is 0 Å². The molecule has 0 fully saturated rings. The van der Waals surface area contributed by atoms with Crippen LogP contribution in [0.2, 0.25) is 0 Å². The Labute approximate surface area is 168 Å². The molecule has 2 aliphatic rings. The fourth-order valence-corrected chi connectivity index (χ4v) is 4.08. The van der Waals surface area contributed by atoms with Crippen molar-refractivity contribution in [3.8, 4) is 0 Å². The highest BCUT2D eigenvalue weighted by Crippen LogP contribution is 2.40. The molecule has 144 valence electrons. The van der Waals surface area contributed by atoms with E-state index in [4.69, 9.17) is 14.7 Å². The smallest absolute Gasteiger partial charge is 0.121 e. The van der Waals surface area contributed by atoms with Crippen LogP contribution < -0.4 is 0 Å². The molecule has 0 N–H and O–H groups in total. The maximum atomic E-state index is 5.71. The molecule has 28 heavy (non-hydrogen) atoms. The number of nitrogens with zero attached hydrogens (tertiary/aromatic N) is 2. The van der Waals surface area contributed by atoms with Crippen LogP contribution in [0.4, 0.5) is 0 Å². The largest absolute Gasteiger partial charge is 0.494 e. The van der Waals surface area contributed by atoms with Crippen LogP contribution in [0.5, 0.6) is 0 Å². The van der Waals surface area contributed by atoms with Gasteiger partial charge >= 0.3 is 0 Å². The topological polar surface area (TPSA) is 34.0 Å². The van der Waals surface area contributed by atoms with Gasteiger partial charge in [0.2, 0.25) is 0 Å². The van der Waals surface area contributed by atoms with Crippen molar-refractivity contribution in [2.24, 2.45) is 9.98 Å². The van der Waals surface area contributed by atoms with E-state index in [1.165, 1.54) is 11.1 Å². The zero-order valence-electron chi connectivity index (χ0n) is 16.9. The summed E-state index contributed by atoms with van der Waals surface area (Å²) in [5, 5.41) is 0. The molecule has 3 heteroatoms. The fraction of sp³-hybridized carbons (Fsp3) is 0.280. The number of allylic oxidation sites excluding steroid dienone is 4. The SMILES string of the molecule is C=CC1=NC2C(=C)/N=C(/C=C)C(C(=C)OCC)=C(C)CCC2c2ccccc21. The van der Waals surface area contributed by atoms with Gasteiger partial charge in [-0.2, -0.15) is 0 Å². The molecule has 3 rings (SSSR count). The minimum atomic E-state index is -0.120. The molecule has 0 bridgehead atoms. The van der Waals surface area contributed by atoms with Crippen LogP contribution in [0.1, 0.15) is 43.7 Å². The zero-order valence-corrected chi connectivity index (χ0v) is 16.9. The maximum Gasteiger partial charge on any atom is 0.121 e. The first kappa shape index (κ1) is 19.8. The zero-order chi connectivity index (χ0) is 20.3. The highest BCUT2D eigenvalue weighted by atomic mass is 16.5. The number of hydrogen-bond acceptors (Lipinski definition) is 3. The highest BCUT2D eigenvalue weighted by Gasteiger charge is 2.33. The lowest BCUT2D eigenvalue weighted by Gasteiger charge is -2.31. The molecule has 2 aliphatic heterocycles. The molecule has 1 aromatic rings. The molecule has 2 unspecified atom stereocenters. The second-order valence-electron chi connectivity index (χ2n) is 7.10. The van der Waals surface area contributed by atoms with Crippen molar-refractivity contribution in [3.63, 3.8) is 0 Å². The van der Waals surface area contributed by atoms with Crippen molar-refractivity contribution in [2.45, 2.75) is 38.6 Å². The minimum absolute atomic E-state index is 0.120. The summed E-state index contributed by atoms with van der Waals surface area (Å²) in [4.78, 5) is 9.81. The van der Waals surface area contributed by atoms with E-state index in [0.717, 1.165) is 41.1 Å². The molecule has 0 amide bonds. The predicted octanol–water partition coefficient (Wildman–Crippen LogP) is 5.93. The molecule has 2 atom stereocenters. The molecule has 0 aromatic heterocycles. The molecule has 0 aliphatic carbocycles. The van der Waals surface area contributed by atoms with Crippen molar-refractivity contribution in [1.29, 1.82) is 0 Å². The van der Waals surface area contributed by atoms with E-state index in [0.29, 0.717) is 12.4 Å². The molecule has 2 heterocycles. The van der Waals surface area contributed by atoms with Crippen LogP contribution in [-0.2, 0) is 4.74 Å². The Hall–Kier alpha value is -2.94. The second-order valence-corrected chi connectivity index (χ2v) is 7.10. The van der Waals surface area contributed by atoms with Gasteiger partial charge in [-0.05, 0) is 44.4 Å². The number of ether oxygens (including phenoxy) is 1. The third kappa shape index (κ3) is 3.57. The lowest BCUT2D eigenvalue weighted by molar-refractivity contribution is 0.241. The number of benzene rings is 1. The summed E-state index contributed by atoms with van der Waals surface area (Å²) in [6.07, 6.45) is 5.42. The van der Waals surface area contributed by atoms with Gasteiger partial charge in [-0.3, -0.25) is 9.98 Å². The van der Waals surface area contributed by atoms with Gasteiger partial charge in [-0.25, -0.2) is 0 Å². The molecule has 0 radical (unpaired) electrons. The first-order valence-electron chi connectivity index (χ1n) is 9.73. The molecular formula is C25H28N2O. The Kier molecular flexibility index (Phi) is 5.93. The van der Waals surface area contributed by atoms with Crippen LogP contribution in [0, 0.1) is 0 Å². The van der Waals surface area contributed by atoms with Gasteiger partial charge in [0, 0.05) is 17.1 Å². The van der Waals surface area contributed by atoms with Crippen LogP contribution >= 0.6 is 0 Å². The third-order valence-electron chi connectivity index (χ3n) is 5.40. The first-order chi connectivity index (χ1) is 13.5. The van der Waals surface area contributed by atoms with E-state index < -0.39 is 0 Å². The van der Waals surface area contributed by atoms with E-state index in [9.17, 15) is 0 Å². The lowest BCUT2D eigenvalue weighted by Crippen LogP contribution is -2.26. The number of fused-ring (bicyclic) bond motifs is 3. The predicted molar refractivity (Wildman–Crippen MR) is 119 cm³/mol. The summed E-state index contributed by atoms with van der Waals surface area (Å²) in [5.74, 6) is 0.851. The number of rotatable bonds is 5. The highest BCUT2D eigenvalue weighted by molar-refractivity contribution is 6.12. The van der Waals surface area contributed by atoms with Crippen LogP contribution in [0.15, 0.2) is 95.3 Å². The first-order valence-corrected chi connectivity index (χ1v) is 9.73. The van der Waals surface area contributed by atoms with Gasteiger partial charge < -0.3 is 4.74 Å². The molecule has 3 nitrogen and oxygen atoms in total. The summed E-state index contributed by atoms with van der Waals surface area (Å²) in [6.45, 7) is 21.0. The van der Waals surface area contributed by atoms with Crippen LogP contribution in [-0.4, -0.2) is 24.1 Å². The van der Waals surface area contributed by atoms with Crippen molar-refractivity contribution < 1.29 is 4.74 Å². The Morgan fingerprint density at radius 3 is 2.61 bits per heavy atom. The van der Waals surface area contributed by atoms with E-state index in [1.807, 2.05) is 19.1 Å². The van der Waals surface area contributed by atoms with Gasteiger partial charge in [-0.1, -0.05) is 56.2 Å². The van der Waals surface area contributed by atoms with Crippen molar-refractivity contribution in [1.82, 2.24) is 0 Å². The third-order valence-corrected chi connectivity index (χ3v) is 5.40. The normalized spacial score (nSPS) is 23.7. The second kappa shape index (κ2) is 8.39. The molecule has 0 saturated heterocycles. The van der Waals surface area contributed by atoms with E-state index in [1.54, 1.807) is 6.08 Å². The fourth-order valence-electron chi connectivity index (χ4n) is 4.08. The molecule has 0 saturated carbocycles. The van der Waals surface area contributed by atoms with E-state index in [-0.39, 0.29) is 12.0 Å². The maximum absolute atomic E-state index is 5.71. The standard InChI is InChI=1S/C25H28N2O/c1-7-22-20-13-11-10-12-19(20)21-15-14-16(4)24(18(6)28-9-3)23(8-2)26-17(5)25(21)27-22/h7-8,10-13,21,25H,1-2,5-6,9,14-15H2,3-4H3/b24-16?,26-23-. The van der Waals surface area contributed by atoms with Gasteiger partial charge in [0.1, 0.15) is 5.76 Å². The summed E-state index contributed by atoms with van der Waals surface area (Å²) >= 11 is 0. The summed E-state index contributed by atoms with van der Waals surface area (Å²) in [7, 11) is 0. The summed E-state index contributed by atoms with van der Waals surface area (Å²) < 4.78 is 5.71. The van der Waals surface area contributed by atoms with Gasteiger partial charge in [-0.15, -0.1) is 0 Å². The number of aliphatic imine (C=N–C) groups is 2. The average molecular weight is 373 g/mol. The average Bonchev–Trinajstić information content (AvgIpc) is 2.75. The lowest BCUT2D eigenvalue weighted by atomic mass is 9.79. The Bertz CT molecular complexity index is 930. The quantitative estimate of drug-likeness (QED) is 0.590. The molecular weight excluding hydrogens is 344 g/mol. The van der Waals surface area contributed by atoms with Gasteiger partial charge in [0.15, 0.2) is 0 Å². The summed E-state index contributed by atoms with van der Waals surface area (Å²) in [6, 6.07) is 8.32. The minimum Gasteiger partial charge on any atom is -0.494 e. The van der Waals surface area contributed by atoms with Crippen LogP contribution in [0.25, 0.3) is 0 Å². The van der Waals surface area contributed by atoms with Gasteiger partial charge in [0.25, 0.3) is 0 Å². The molecule has 1 aromatic carbocycles. The Morgan fingerprint density at radius 1 is 1.21 bits per heavy atom. The van der Waals surface area contributed by atoms with Crippen molar-refractivity contribution in [3.05, 3.63) is 96.5 Å². The van der Waals surface area contributed by atoms with E-state index >= 15 is 0 Å². The Balaban J connectivity index is 2.15.